The van der Waals surface area contributed by atoms with E-state index in [1.54, 1.807) is 0 Å². The highest BCUT2D eigenvalue weighted by Gasteiger charge is 2.39. The van der Waals surface area contributed by atoms with E-state index in [1.807, 2.05) is 7.11 Å². The maximum atomic E-state index is 5.81. The first kappa shape index (κ1) is 15.5. The van der Waals surface area contributed by atoms with Crippen molar-refractivity contribution in [2.75, 3.05) is 26.9 Å². The summed E-state index contributed by atoms with van der Waals surface area (Å²) in [5, 5.41) is 8.80. The molecule has 0 spiro atoms. The van der Waals surface area contributed by atoms with Gasteiger partial charge in [0.1, 0.15) is 11.6 Å². The van der Waals surface area contributed by atoms with Crippen molar-refractivity contribution in [1.82, 2.24) is 19.7 Å². The number of nitrogens with zero attached hydrogens (tertiary/aromatic N) is 4. The molecule has 3 aliphatic rings. The average Bonchev–Trinajstić information content (AvgIpc) is 3.17. The maximum Gasteiger partial charge on any atom is 0.147 e. The van der Waals surface area contributed by atoms with Gasteiger partial charge in [-0.1, -0.05) is 6.42 Å². The normalized spacial score (nSPS) is 32.5. The molecule has 6 heteroatoms. The zero-order valence-corrected chi connectivity index (χ0v) is 14.3. The van der Waals surface area contributed by atoms with E-state index in [0.29, 0.717) is 24.1 Å². The van der Waals surface area contributed by atoms with Gasteiger partial charge in [0.05, 0.1) is 25.9 Å². The summed E-state index contributed by atoms with van der Waals surface area (Å²) in [5.41, 5.74) is 0. The predicted molar refractivity (Wildman–Crippen MR) is 86.2 cm³/mol. The Morgan fingerprint density at radius 3 is 2.87 bits per heavy atom. The first-order valence-corrected chi connectivity index (χ1v) is 9.03. The van der Waals surface area contributed by atoms with E-state index in [2.05, 4.69) is 26.6 Å². The molecule has 1 aromatic rings. The minimum absolute atomic E-state index is 0.382. The van der Waals surface area contributed by atoms with Crippen molar-refractivity contribution in [2.45, 2.75) is 63.8 Å². The Hall–Kier alpha value is -0.980. The molecule has 2 heterocycles. The number of ether oxygens (including phenoxy) is 2. The molecule has 128 valence electrons. The van der Waals surface area contributed by atoms with Crippen LogP contribution in [-0.2, 0) is 16.0 Å². The monoisotopic (exact) mass is 320 g/mol. The highest BCUT2D eigenvalue weighted by molar-refractivity contribution is 5.02. The van der Waals surface area contributed by atoms with Crippen LogP contribution in [0.3, 0.4) is 0 Å². The van der Waals surface area contributed by atoms with Gasteiger partial charge in [-0.25, -0.2) is 0 Å². The van der Waals surface area contributed by atoms with E-state index in [1.165, 1.54) is 32.1 Å². The van der Waals surface area contributed by atoms with Gasteiger partial charge in [-0.3, -0.25) is 4.90 Å². The third kappa shape index (κ3) is 3.04. The van der Waals surface area contributed by atoms with Gasteiger partial charge in [-0.05, 0) is 32.6 Å². The van der Waals surface area contributed by atoms with Gasteiger partial charge >= 0.3 is 0 Å². The molecule has 0 radical (unpaired) electrons. The summed E-state index contributed by atoms with van der Waals surface area (Å²) in [4.78, 5) is 2.56. The molecule has 0 N–H and O–H groups in total. The molecule has 0 aromatic carbocycles. The Morgan fingerprint density at radius 2 is 2.09 bits per heavy atom. The van der Waals surface area contributed by atoms with E-state index in [0.717, 1.165) is 38.0 Å². The number of rotatable bonds is 5. The minimum atomic E-state index is 0.382. The first-order valence-electron chi connectivity index (χ1n) is 9.03. The van der Waals surface area contributed by atoms with Crippen LogP contribution in [0.5, 0.6) is 0 Å². The molecule has 1 aliphatic heterocycles. The van der Waals surface area contributed by atoms with E-state index in [-0.39, 0.29) is 0 Å². The summed E-state index contributed by atoms with van der Waals surface area (Å²) < 4.78 is 13.9. The van der Waals surface area contributed by atoms with Crippen molar-refractivity contribution < 1.29 is 9.47 Å². The van der Waals surface area contributed by atoms with E-state index < -0.39 is 0 Å². The van der Waals surface area contributed by atoms with Crippen LogP contribution in [-0.4, -0.2) is 58.7 Å². The zero-order valence-electron chi connectivity index (χ0n) is 14.3. The number of aromatic nitrogens is 3. The van der Waals surface area contributed by atoms with Crippen LogP contribution in [0.15, 0.2) is 0 Å². The summed E-state index contributed by atoms with van der Waals surface area (Å²) in [7, 11) is 1.85. The Morgan fingerprint density at radius 1 is 1.22 bits per heavy atom. The molecule has 23 heavy (non-hydrogen) atoms. The molecular weight excluding hydrogens is 292 g/mol. The Labute approximate surface area is 138 Å². The molecule has 3 atom stereocenters. The van der Waals surface area contributed by atoms with Crippen molar-refractivity contribution in [1.29, 1.82) is 0 Å². The van der Waals surface area contributed by atoms with Gasteiger partial charge in [0.2, 0.25) is 0 Å². The summed E-state index contributed by atoms with van der Waals surface area (Å²) in [6.07, 6.45) is 6.62. The summed E-state index contributed by atoms with van der Waals surface area (Å²) in [5.74, 6) is 2.77. The first-order chi connectivity index (χ1) is 11.3. The largest absolute Gasteiger partial charge is 0.381 e. The van der Waals surface area contributed by atoms with Gasteiger partial charge in [0.15, 0.2) is 0 Å². The lowest BCUT2D eigenvalue weighted by Gasteiger charge is -2.40. The summed E-state index contributed by atoms with van der Waals surface area (Å²) >= 11 is 0. The zero-order chi connectivity index (χ0) is 15.8. The van der Waals surface area contributed by atoms with E-state index in [9.17, 15) is 0 Å². The Kier molecular flexibility index (Phi) is 4.39. The molecule has 0 amide bonds. The topological polar surface area (TPSA) is 52.4 Å². The molecule has 0 unspecified atom stereocenters. The second kappa shape index (κ2) is 6.49. The van der Waals surface area contributed by atoms with Crippen LogP contribution in [0, 0.1) is 12.8 Å². The minimum Gasteiger partial charge on any atom is -0.381 e. The summed E-state index contributed by atoms with van der Waals surface area (Å²) in [6, 6.07) is 1.08. The van der Waals surface area contributed by atoms with E-state index in [4.69, 9.17) is 9.47 Å². The fourth-order valence-electron chi connectivity index (χ4n) is 4.45. The van der Waals surface area contributed by atoms with Gasteiger partial charge in [-0.2, -0.15) is 0 Å². The van der Waals surface area contributed by atoms with Crippen molar-refractivity contribution in [3.8, 4) is 0 Å². The lowest BCUT2D eigenvalue weighted by atomic mass is 9.94. The second-order valence-corrected chi connectivity index (χ2v) is 7.25. The number of hydrogen-bond donors (Lipinski definition) is 0. The van der Waals surface area contributed by atoms with Crippen LogP contribution in [0.25, 0.3) is 0 Å². The lowest BCUT2D eigenvalue weighted by Crippen LogP contribution is -2.51. The number of hydrogen-bond acceptors (Lipinski definition) is 5. The molecule has 2 aliphatic carbocycles. The number of methoxy groups -OCH3 is 1. The van der Waals surface area contributed by atoms with Crippen LogP contribution in [0.4, 0.5) is 0 Å². The molecule has 4 rings (SSSR count). The standard InChI is InChI=1S/C17H28N4O2/c1-12-18-19-17(21(12)13-6-7-13)10-20-8-9-23-11-15(20)14-4-3-5-16(14)22-2/h13-16H,3-11H2,1-2H3/t14-,15+,16+/m0/s1. The molecular formula is C17H28N4O2. The van der Waals surface area contributed by atoms with Crippen molar-refractivity contribution in [3.05, 3.63) is 11.6 Å². The molecule has 0 bridgehead atoms. The van der Waals surface area contributed by atoms with Crippen LogP contribution in [0.2, 0.25) is 0 Å². The van der Waals surface area contributed by atoms with Gasteiger partial charge in [0, 0.05) is 31.7 Å². The fraction of sp³-hybridized carbons (Fsp3) is 0.882. The predicted octanol–water partition coefficient (Wildman–Crippen LogP) is 1.94. The maximum absolute atomic E-state index is 5.81. The van der Waals surface area contributed by atoms with Gasteiger partial charge in [-0.15, -0.1) is 10.2 Å². The molecule has 6 nitrogen and oxygen atoms in total. The Bertz CT molecular complexity index is 543. The average molecular weight is 320 g/mol. The van der Waals surface area contributed by atoms with Crippen molar-refractivity contribution >= 4 is 0 Å². The molecule has 1 saturated heterocycles. The van der Waals surface area contributed by atoms with Gasteiger partial charge < -0.3 is 14.0 Å². The van der Waals surface area contributed by atoms with Crippen LogP contribution >= 0.6 is 0 Å². The fourth-order valence-corrected chi connectivity index (χ4v) is 4.45. The molecule has 3 fully saturated rings. The van der Waals surface area contributed by atoms with Crippen molar-refractivity contribution in [3.63, 3.8) is 0 Å². The quantitative estimate of drug-likeness (QED) is 0.830. The van der Waals surface area contributed by atoms with Crippen LogP contribution in [0.1, 0.15) is 49.8 Å². The third-order valence-electron chi connectivity index (χ3n) is 5.77. The number of morpholine rings is 1. The number of aryl methyl sites for hydroxylation is 1. The Balaban J connectivity index is 1.52. The molecule has 1 aromatic heterocycles. The second-order valence-electron chi connectivity index (χ2n) is 7.25. The highest BCUT2D eigenvalue weighted by atomic mass is 16.5. The SMILES string of the molecule is CO[C@@H]1CCC[C@H]1[C@H]1COCCN1Cc1nnc(C)n1C1CC1. The lowest BCUT2D eigenvalue weighted by molar-refractivity contribution is -0.0619. The highest BCUT2D eigenvalue weighted by Crippen LogP contribution is 2.38. The van der Waals surface area contributed by atoms with Crippen LogP contribution < -0.4 is 0 Å². The summed E-state index contributed by atoms with van der Waals surface area (Å²) in [6.45, 7) is 5.58. The van der Waals surface area contributed by atoms with Crippen molar-refractivity contribution in [2.24, 2.45) is 5.92 Å². The smallest absolute Gasteiger partial charge is 0.147 e. The van der Waals surface area contributed by atoms with E-state index >= 15 is 0 Å². The molecule has 2 saturated carbocycles. The van der Waals surface area contributed by atoms with Gasteiger partial charge in [0.25, 0.3) is 0 Å². The third-order valence-corrected chi connectivity index (χ3v) is 5.77.